The maximum absolute atomic E-state index is 11.9. The third-order valence-corrected chi connectivity index (χ3v) is 3.20. The van der Waals surface area contributed by atoms with Gasteiger partial charge in [-0.25, -0.2) is 0 Å². The van der Waals surface area contributed by atoms with E-state index in [2.05, 4.69) is 0 Å². The fraction of sp³-hybridized carbons (Fsp3) is 0.400. The van der Waals surface area contributed by atoms with E-state index < -0.39 is 5.97 Å². The molecular formula is C15H18N2O5. The van der Waals surface area contributed by atoms with Gasteiger partial charge in [-0.1, -0.05) is 12.1 Å². The highest BCUT2D eigenvalue weighted by molar-refractivity contribution is 5.98. The Bertz CT molecular complexity index is 585. The van der Waals surface area contributed by atoms with Crippen molar-refractivity contribution in [2.75, 3.05) is 38.8 Å². The number of nitrogens with zero attached hydrogens (tertiary/aromatic N) is 2. The molecule has 0 aliphatic carbocycles. The van der Waals surface area contributed by atoms with E-state index in [0.717, 1.165) is 0 Å². The summed E-state index contributed by atoms with van der Waals surface area (Å²) in [5.74, 6) is -0.415. The van der Waals surface area contributed by atoms with Crippen molar-refractivity contribution in [2.45, 2.75) is 6.42 Å². The zero-order chi connectivity index (χ0) is 16.1. The van der Waals surface area contributed by atoms with Crippen molar-refractivity contribution in [1.82, 2.24) is 4.90 Å². The monoisotopic (exact) mass is 306 g/mol. The number of para-hydroxylation sites is 2. The zero-order valence-corrected chi connectivity index (χ0v) is 12.6. The lowest BCUT2D eigenvalue weighted by Crippen LogP contribution is -2.40. The van der Waals surface area contributed by atoms with E-state index in [9.17, 15) is 14.4 Å². The van der Waals surface area contributed by atoms with E-state index in [1.165, 1.54) is 9.80 Å². The highest BCUT2D eigenvalue weighted by Crippen LogP contribution is 2.31. The molecule has 1 heterocycles. The van der Waals surface area contributed by atoms with Crippen molar-refractivity contribution < 1.29 is 23.9 Å². The Balaban J connectivity index is 1.90. The van der Waals surface area contributed by atoms with Gasteiger partial charge in [0, 0.05) is 20.6 Å². The molecule has 7 heteroatoms. The molecule has 1 aliphatic heterocycles. The van der Waals surface area contributed by atoms with Crippen molar-refractivity contribution in [3.8, 4) is 5.75 Å². The number of ether oxygens (including phenoxy) is 2. The minimum Gasteiger partial charge on any atom is -0.482 e. The van der Waals surface area contributed by atoms with Gasteiger partial charge in [0.2, 0.25) is 0 Å². The van der Waals surface area contributed by atoms with Crippen LogP contribution in [0.5, 0.6) is 5.75 Å². The van der Waals surface area contributed by atoms with Crippen LogP contribution in [-0.2, 0) is 19.1 Å². The van der Waals surface area contributed by atoms with E-state index in [1.54, 1.807) is 32.3 Å². The van der Waals surface area contributed by atoms with Crippen molar-refractivity contribution in [2.24, 2.45) is 0 Å². The van der Waals surface area contributed by atoms with E-state index in [0.29, 0.717) is 11.4 Å². The van der Waals surface area contributed by atoms with Gasteiger partial charge < -0.3 is 19.3 Å². The van der Waals surface area contributed by atoms with Crippen LogP contribution in [0, 0.1) is 0 Å². The van der Waals surface area contributed by atoms with Crippen LogP contribution >= 0.6 is 0 Å². The highest BCUT2D eigenvalue weighted by Gasteiger charge is 2.25. The maximum Gasteiger partial charge on any atom is 0.308 e. The molecular weight excluding hydrogens is 288 g/mol. The Kier molecular flexibility index (Phi) is 4.98. The number of amides is 2. The maximum atomic E-state index is 11.9. The molecule has 118 valence electrons. The summed E-state index contributed by atoms with van der Waals surface area (Å²) in [4.78, 5) is 37.8. The number of esters is 1. The number of fused-ring (bicyclic) bond motifs is 1. The summed E-state index contributed by atoms with van der Waals surface area (Å²) in [6.07, 6.45) is 0.0147. The Morgan fingerprint density at radius 1 is 1.32 bits per heavy atom. The molecule has 0 radical (unpaired) electrons. The van der Waals surface area contributed by atoms with E-state index in [1.807, 2.05) is 6.07 Å². The normalized spacial score (nSPS) is 13.2. The van der Waals surface area contributed by atoms with E-state index in [4.69, 9.17) is 9.47 Å². The fourth-order valence-corrected chi connectivity index (χ4v) is 1.95. The summed E-state index contributed by atoms with van der Waals surface area (Å²) in [7, 11) is 3.17. The van der Waals surface area contributed by atoms with Gasteiger partial charge in [-0.2, -0.15) is 0 Å². The highest BCUT2D eigenvalue weighted by atomic mass is 16.5. The zero-order valence-electron chi connectivity index (χ0n) is 12.6. The van der Waals surface area contributed by atoms with E-state index in [-0.39, 0.29) is 38.0 Å². The van der Waals surface area contributed by atoms with Gasteiger partial charge >= 0.3 is 5.97 Å². The molecule has 2 amide bonds. The topological polar surface area (TPSA) is 76.2 Å². The third-order valence-electron chi connectivity index (χ3n) is 3.20. The quantitative estimate of drug-likeness (QED) is 0.738. The van der Waals surface area contributed by atoms with Crippen LogP contribution in [0.25, 0.3) is 0 Å². The van der Waals surface area contributed by atoms with Crippen LogP contribution in [0.1, 0.15) is 6.42 Å². The van der Waals surface area contributed by atoms with Gasteiger partial charge in [0.05, 0.1) is 12.1 Å². The predicted octanol–water partition coefficient (Wildman–Crippen LogP) is 0.434. The third kappa shape index (κ3) is 3.75. The van der Waals surface area contributed by atoms with Gasteiger partial charge in [0.1, 0.15) is 5.75 Å². The minimum atomic E-state index is -0.521. The molecule has 0 spiro atoms. The lowest BCUT2D eigenvalue weighted by molar-refractivity contribution is -0.150. The number of rotatable bonds is 5. The lowest BCUT2D eigenvalue weighted by atomic mass is 10.2. The van der Waals surface area contributed by atoms with Crippen LogP contribution in [0.2, 0.25) is 0 Å². The smallest absolute Gasteiger partial charge is 0.308 e. The largest absolute Gasteiger partial charge is 0.482 e. The molecule has 0 unspecified atom stereocenters. The average Bonchev–Trinajstić information content (AvgIpc) is 2.51. The standard InChI is InChI=1S/C15H18N2O5/c1-16(2)13(18)9-22-15(20)7-8-17-11-5-3-4-6-12(11)21-10-14(17)19/h3-6H,7-10H2,1-2H3. The number of carbonyl (C=O) groups excluding carboxylic acids is 3. The summed E-state index contributed by atoms with van der Waals surface area (Å²) >= 11 is 0. The number of benzene rings is 1. The van der Waals surface area contributed by atoms with Crippen LogP contribution < -0.4 is 9.64 Å². The molecule has 22 heavy (non-hydrogen) atoms. The van der Waals surface area contributed by atoms with Crippen molar-refractivity contribution >= 4 is 23.5 Å². The van der Waals surface area contributed by atoms with Crippen LogP contribution in [0.3, 0.4) is 0 Å². The molecule has 0 bridgehead atoms. The Morgan fingerprint density at radius 3 is 2.77 bits per heavy atom. The van der Waals surface area contributed by atoms with Crippen molar-refractivity contribution in [1.29, 1.82) is 0 Å². The average molecular weight is 306 g/mol. The second-order valence-electron chi connectivity index (χ2n) is 5.00. The van der Waals surface area contributed by atoms with Gasteiger partial charge in [-0.15, -0.1) is 0 Å². The number of carbonyl (C=O) groups is 3. The van der Waals surface area contributed by atoms with Gasteiger partial charge in [-0.05, 0) is 12.1 Å². The summed E-state index contributed by atoms with van der Waals surface area (Å²) < 4.78 is 10.2. The Labute approximate surface area is 128 Å². The summed E-state index contributed by atoms with van der Waals surface area (Å²) in [5, 5.41) is 0. The molecule has 0 atom stereocenters. The molecule has 1 aliphatic rings. The summed E-state index contributed by atoms with van der Waals surface area (Å²) in [6.45, 7) is -0.154. The Morgan fingerprint density at radius 2 is 2.05 bits per heavy atom. The first-order valence-electron chi connectivity index (χ1n) is 6.87. The van der Waals surface area contributed by atoms with Crippen molar-refractivity contribution in [3.05, 3.63) is 24.3 Å². The van der Waals surface area contributed by atoms with Crippen LogP contribution in [-0.4, -0.2) is 56.5 Å². The van der Waals surface area contributed by atoms with Gasteiger partial charge in [-0.3, -0.25) is 14.4 Å². The molecule has 1 aromatic rings. The van der Waals surface area contributed by atoms with Gasteiger partial charge in [0.25, 0.3) is 11.8 Å². The molecule has 0 N–H and O–H groups in total. The van der Waals surface area contributed by atoms with Crippen LogP contribution in [0.15, 0.2) is 24.3 Å². The number of likely N-dealkylation sites (N-methyl/N-ethyl adjacent to an activating group) is 1. The second kappa shape index (κ2) is 6.93. The first-order chi connectivity index (χ1) is 10.5. The molecule has 7 nitrogen and oxygen atoms in total. The van der Waals surface area contributed by atoms with Crippen LogP contribution in [0.4, 0.5) is 5.69 Å². The number of hydrogen-bond donors (Lipinski definition) is 0. The SMILES string of the molecule is CN(C)C(=O)COC(=O)CCN1C(=O)COc2ccccc21. The molecule has 0 saturated carbocycles. The number of hydrogen-bond acceptors (Lipinski definition) is 5. The van der Waals surface area contributed by atoms with Crippen molar-refractivity contribution in [3.63, 3.8) is 0 Å². The first kappa shape index (κ1) is 15.8. The summed E-state index contributed by atoms with van der Waals surface area (Å²) in [5.41, 5.74) is 0.635. The lowest BCUT2D eigenvalue weighted by Gasteiger charge is -2.28. The second-order valence-corrected chi connectivity index (χ2v) is 5.00. The molecule has 0 aromatic heterocycles. The molecule has 0 saturated heterocycles. The van der Waals surface area contributed by atoms with E-state index >= 15 is 0 Å². The molecule has 2 rings (SSSR count). The first-order valence-corrected chi connectivity index (χ1v) is 6.87. The molecule has 1 aromatic carbocycles. The molecule has 0 fully saturated rings. The fourth-order valence-electron chi connectivity index (χ4n) is 1.95. The predicted molar refractivity (Wildman–Crippen MR) is 78.6 cm³/mol. The summed E-state index contributed by atoms with van der Waals surface area (Å²) in [6, 6.07) is 7.13. The number of anilines is 1. The minimum absolute atomic E-state index is 0.0147. The Hall–Kier alpha value is -2.57. The van der Waals surface area contributed by atoms with Gasteiger partial charge in [0.15, 0.2) is 13.2 Å².